The number of esters is 1. The molecule has 0 saturated heterocycles. The second-order valence-electron chi connectivity index (χ2n) is 3.94. The molecule has 0 heterocycles. The molecular formula is C13H15Cl2O2Si. The van der Waals surface area contributed by atoms with Crippen molar-refractivity contribution < 1.29 is 9.53 Å². The molecule has 5 heteroatoms. The fraction of sp³-hybridized carbons (Fsp3) is 0.308. The fourth-order valence-corrected chi connectivity index (χ4v) is 3.25. The number of halogens is 2. The van der Waals surface area contributed by atoms with Crippen LogP contribution in [0.1, 0.15) is 18.9 Å². The number of carbonyl (C=O) groups is 1. The lowest BCUT2D eigenvalue weighted by molar-refractivity contribution is -0.139. The van der Waals surface area contributed by atoms with Crippen LogP contribution >= 0.6 is 22.2 Å². The summed E-state index contributed by atoms with van der Waals surface area (Å²) in [5.74, 6) is -0.345. The normalized spacial score (nSPS) is 10.4. The minimum Gasteiger partial charge on any atom is -0.462 e. The zero-order valence-electron chi connectivity index (χ0n) is 10.2. The minimum absolute atomic E-state index is 0.345. The summed E-state index contributed by atoms with van der Waals surface area (Å²) in [6, 6.07) is 7.83. The third-order valence-electron chi connectivity index (χ3n) is 2.39. The van der Waals surface area contributed by atoms with Gasteiger partial charge in [0.15, 0.2) is 0 Å². The highest BCUT2D eigenvalue weighted by Crippen LogP contribution is 2.07. The Bertz CT molecular complexity index is 433. The van der Waals surface area contributed by atoms with Gasteiger partial charge in [0.25, 0.3) is 0 Å². The van der Waals surface area contributed by atoms with Crippen LogP contribution < -0.4 is 5.19 Å². The van der Waals surface area contributed by atoms with E-state index in [-0.39, 0.29) is 5.97 Å². The van der Waals surface area contributed by atoms with E-state index in [9.17, 15) is 4.79 Å². The van der Waals surface area contributed by atoms with Crippen LogP contribution in [0.2, 0.25) is 0 Å². The molecule has 0 aliphatic carbocycles. The molecular weight excluding hydrogens is 287 g/mol. The Labute approximate surface area is 119 Å². The van der Waals surface area contributed by atoms with Crippen molar-refractivity contribution in [3.8, 4) is 0 Å². The van der Waals surface area contributed by atoms with Gasteiger partial charge in [-0.05, 0) is 30.5 Å². The quantitative estimate of drug-likeness (QED) is 0.265. The molecule has 1 rings (SSSR count). The second kappa shape index (κ2) is 7.62. The zero-order valence-corrected chi connectivity index (χ0v) is 12.7. The summed E-state index contributed by atoms with van der Waals surface area (Å²) in [6.07, 6.45) is 1.55. The standard InChI is InChI=1S/C13H15Cl2O2Si/c1-10(2)13(16)17-9-5-7-11-6-3-4-8-12(11)18(14)15/h3-4,6,8H,1,5,7,9H2,2H3. The van der Waals surface area contributed by atoms with E-state index in [1.165, 1.54) is 0 Å². The molecule has 0 aliphatic heterocycles. The number of aryl methyl sites for hydroxylation is 1. The largest absolute Gasteiger partial charge is 0.462 e. The van der Waals surface area contributed by atoms with Crippen LogP contribution in [0.25, 0.3) is 0 Å². The number of carbonyl (C=O) groups excluding carboxylic acids is 1. The third kappa shape index (κ3) is 4.84. The summed E-state index contributed by atoms with van der Waals surface area (Å²) >= 11 is 12.0. The van der Waals surface area contributed by atoms with Crippen molar-refractivity contribution in [2.75, 3.05) is 6.61 Å². The first-order valence-electron chi connectivity index (χ1n) is 5.61. The van der Waals surface area contributed by atoms with E-state index >= 15 is 0 Å². The van der Waals surface area contributed by atoms with Gasteiger partial charge in [-0.1, -0.05) is 30.8 Å². The van der Waals surface area contributed by atoms with E-state index in [4.69, 9.17) is 26.9 Å². The van der Waals surface area contributed by atoms with Crippen molar-refractivity contribution in [3.05, 3.63) is 42.0 Å². The van der Waals surface area contributed by atoms with Crippen LogP contribution in [0.3, 0.4) is 0 Å². The molecule has 0 unspecified atom stereocenters. The van der Waals surface area contributed by atoms with E-state index < -0.39 is 7.42 Å². The maximum atomic E-state index is 11.2. The highest BCUT2D eigenvalue weighted by molar-refractivity contribution is 7.39. The first-order valence-corrected chi connectivity index (χ1v) is 9.13. The molecule has 0 N–H and O–H groups in total. The van der Waals surface area contributed by atoms with Crippen molar-refractivity contribution in [2.45, 2.75) is 19.8 Å². The Hall–Kier alpha value is -0.773. The van der Waals surface area contributed by atoms with Gasteiger partial charge in [-0.3, -0.25) is 0 Å². The Morgan fingerprint density at radius 3 is 2.67 bits per heavy atom. The highest BCUT2D eigenvalue weighted by atomic mass is 35.7. The number of ether oxygens (including phenoxy) is 1. The maximum Gasteiger partial charge on any atom is 0.333 e. The molecule has 0 spiro atoms. The summed E-state index contributed by atoms with van der Waals surface area (Å²) in [5.41, 5.74) is 1.55. The predicted molar refractivity (Wildman–Crippen MR) is 77.6 cm³/mol. The average molecular weight is 302 g/mol. The fourth-order valence-electron chi connectivity index (χ4n) is 1.47. The highest BCUT2D eigenvalue weighted by Gasteiger charge is 2.12. The second-order valence-corrected chi connectivity index (χ2v) is 7.85. The number of rotatable bonds is 6. The Morgan fingerprint density at radius 1 is 1.39 bits per heavy atom. The van der Waals surface area contributed by atoms with Crippen molar-refractivity contribution in [2.24, 2.45) is 0 Å². The first kappa shape index (κ1) is 15.3. The molecule has 0 fully saturated rings. The van der Waals surface area contributed by atoms with Gasteiger partial charge in [0, 0.05) is 5.57 Å². The smallest absolute Gasteiger partial charge is 0.333 e. The molecule has 0 saturated carbocycles. The number of hydrogen-bond acceptors (Lipinski definition) is 2. The summed E-state index contributed by atoms with van der Waals surface area (Å²) in [5, 5.41) is 1.01. The summed E-state index contributed by atoms with van der Waals surface area (Å²) in [6.45, 7) is 5.54. The van der Waals surface area contributed by atoms with Crippen LogP contribution in [-0.4, -0.2) is 20.0 Å². The van der Waals surface area contributed by atoms with Crippen LogP contribution in [0.5, 0.6) is 0 Å². The van der Waals surface area contributed by atoms with Crippen molar-refractivity contribution in [3.63, 3.8) is 0 Å². The lowest BCUT2D eigenvalue weighted by Gasteiger charge is -2.09. The van der Waals surface area contributed by atoms with Crippen molar-refractivity contribution in [1.29, 1.82) is 0 Å². The molecule has 97 valence electrons. The lowest BCUT2D eigenvalue weighted by atomic mass is 10.1. The zero-order chi connectivity index (χ0) is 13.5. The van der Waals surface area contributed by atoms with Gasteiger partial charge in [-0.2, -0.15) is 0 Å². The average Bonchev–Trinajstić information content (AvgIpc) is 2.34. The van der Waals surface area contributed by atoms with E-state index in [0.29, 0.717) is 12.2 Å². The van der Waals surface area contributed by atoms with Gasteiger partial charge in [0.05, 0.1) is 6.61 Å². The maximum absolute atomic E-state index is 11.2. The van der Waals surface area contributed by atoms with Gasteiger partial charge in [-0.25, -0.2) is 4.79 Å². The molecule has 0 amide bonds. The number of benzene rings is 1. The molecule has 1 aromatic rings. The van der Waals surface area contributed by atoms with E-state index in [1.807, 2.05) is 24.3 Å². The third-order valence-corrected chi connectivity index (χ3v) is 4.51. The molecule has 0 bridgehead atoms. The summed E-state index contributed by atoms with van der Waals surface area (Å²) in [4.78, 5) is 11.2. The Kier molecular flexibility index (Phi) is 6.47. The van der Waals surface area contributed by atoms with Gasteiger partial charge in [0.2, 0.25) is 0 Å². The number of hydrogen-bond donors (Lipinski definition) is 0. The van der Waals surface area contributed by atoms with E-state index in [1.54, 1.807) is 6.92 Å². The molecule has 0 aliphatic rings. The molecule has 1 aromatic carbocycles. The molecule has 2 nitrogen and oxygen atoms in total. The van der Waals surface area contributed by atoms with Gasteiger partial charge < -0.3 is 4.74 Å². The molecule has 1 radical (unpaired) electrons. The SMILES string of the molecule is C=C(C)C(=O)OCCCc1ccccc1[Si](Cl)Cl. The van der Waals surface area contributed by atoms with Crippen LogP contribution in [-0.2, 0) is 16.0 Å². The van der Waals surface area contributed by atoms with Crippen LogP contribution in [0.15, 0.2) is 36.4 Å². The van der Waals surface area contributed by atoms with Crippen molar-refractivity contribution in [1.82, 2.24) is 0 Å². The van der Waals surface area contributed by atoms with E-state index in [2.05, 4.69) is 6.58 Å². The Balaban J connectivity index is 2.44. The summed E-state index contributed by atoms with van der Waals surface area (Å²) < 4.78 is 5.03. The van der Waals surface area contributed by atoms with Gasteiger partial charge >= 0.3 is 13.4 Å². The Morgan fingerprint density at radius 2 is 2.06 bits per heavy atom. The van der Waals surface area contributed by atoms with E-state index in [0.717, 1.165) is 23.6 Å². The topological polar surface area (TPSA) is 26.3 Å². The monoisotopic (exact) mass is 301 g/mol. The summed E-state index contributed by atoms with van der Waals surface area (Å²) in [7, 11) is -1.49. The van der Waals surface area contributed by atoms with Gasteiger partial charge in [0.1, 0.15) is 0 Å². The van der Waals surface area contributed by atoms with Gasteiger partial charge in [-0.15, -0.1) is 22.2 Å². The predicted octanol–water partition coefficient (Wildman–Crippen LogP) is 2.91. The molecule has 18 heavy (non-hydrogen) atoms. The van der Waals surface area contributed by atoms with Crippen LogP contribution in [0.4, 0.5) is 0 Å². The van der Waals surface area contributed by atoms with Crippen LogP contribution in [0, 0.1) is 0 Å². The minimum atomic E-state index is -1.49. The first-order chi connectivity index (χ1) is 8.52. The lowest BCUT2D eigenvalue weighted by Crippen LogP contribution is -2.23. The van der Waals surface area contributed by atoms with Crippen molar-refractivity contribution >= 4 is 40.7 Å². The molecule has 0 aromatic heterocycles. The molecule has 0 atom stereocenters.